The molecule has 0 heterocycles. The van der Waals surface area contributed by atoms with Crippen LogP contribution in [0, 0.1) is 0 Å². The minimum atomic E-state index is -1.82. The lowest BCUT2D eigenvalue weighted by molar-refractivity contribution is -0.159. The number of carboxylic acid groups (broad SMARTS) is 6. The monoisotopic (exact) mass is 284 g/mol. The van der Waals surface area contributed by atoms with Crippen molar-refractivity contribution < 1.29 is 59.4 Å². The van der Waals surface area contributed by atoms with Crippen LogP contribution in [0.2, 0.25) is 0 Å². The Labute approximate surface area is 105 Å². The molecule has 0 saturated carbocycles. The Balaban J connectivity index is -0.0000000865. The SMILES string of the molecule is B.O=C(O)C(=O)O.O=C(O)C(=O)O.O=C(O)C(=O)O. The molecule has 6 N–H and O–H groups in total. The third-order valence-electron chi connectivity index (χ3n) is 0.549. The maximum absolute atomic E-state index is 9.10. The molecule has 0 spiro atoms. The van der Waals surface area contributed by atoms with Gasteiger partial charge in [-0.05, 0) is 0 Å². The van der Waals surface area contributed by atoms with E-state index in [-0.39, 0.29) is 8.41 Å². The highest BCUT2D eigenvalue weighted by atomic mass is 16.5. The molecular formula is C6H9BO12. The fourth-order valence-electron chi connectivity index (χ4n) is 0. The highest BCUT2D eigenvalue weighted by molar-refractivity contribution is 6.28. The molecule has 0 aliphatic carbocycles. The minimum Gasteiger partial charge on any atom is -0.473 e. The van der Waals surface area contributed by atoms with Crippen LogP contribution in [0.5, 0.6) is 0 Å². The lowest BCUT2D eigenvalue weighted by Crippen LogP contribution is -2.09. The molecule has 19 heavy (non-hydrogen) atoms. The molecule has 0 bridgehead atoms. The fraction of sp³-hybridized carbons (Fsp3) is 0. The van der Waals surface area contributed by atoms with Crippen LogP contribution in [-0.4, -0.2) is 74.9 Å². The van der Waals surface area contributed by atoms with E-state index in [1.54, 1.807) is 0 Å². The first-order chi connectivity index (χ1) is 7.93. The zero-order valence-electron chi connectivity index (χ0n) is 8.13. The van der Waals surface area contributed by atoms with Gasteiger partial charge in [0.1, 0.15) is 0 Å². The molecule has 0 atom stereocenters. The number of hydrogen-bond donors (Lipinski definition) is 6. The van der Waals surface area contributed by atoms with E-state index < -0.39 is 35.8 Å². The van der Waals surface area contributed by atoms with E-state index in [0.717, 1.165) is 0 Å². The number of hydrogen-bond acceptors (Lipinski definition) is 6. The van der Waals surface area contributed by atoms with E-state index in [0.29, 0.717) is 0 Å². The Bertz CT molecular complexity index is 277. The molecule has 0 aromatic rings. The lowest BCUT2D eigenvalue weighted by Gasteiger charge is -1.72. The van der Waals surface area contributed by atoms with Gasteiger partial charge in [0, 0.05) is 0 Å². The summed E-state index contributed by atoms with van der Waals surface area (Å²) in [5.74, 6) is -10.9. The summed E-state index contributed by atoms with van der Waals surface area (Å²) in [6.45, 7) is 0. The van der Waals surface area contributed by atoms with E-state index in [4.69, 9.17) is 59.4 Å². The van der Waals surface area contributed by atoms with Gasteiger partial charge in [0.2, 0.25) is 0 Å². The number of carbonyl (C=O) groups is 6. The van der Waals surface area contributed by atoms with Gasteiger partial charge >= 0.3 is 35.8 Å². The quantitative estimate of drug-likeness (QED) is 0.186. The van der Waals surface area contributed by atoms with Crippen molar-refractivity contribution in [2.45, 2.75) is 0 Å². The van der Waals surface area contributed by atoms with Crippen LogP contribution in [0.25, 0.3) is 0 Å². The van der Waals surface area contributed by atoms with Crippen molar-refractivity contribution in [2.75, 3.05) is 0 Å². The van der Waals surface area contributed by atoms with Gasteiger partial charge in [-0.1, -0.05) is 0 Å². The van der Waals surface area contributed by atoms with Crippen molar-refractivity contribution >= 4 is 44.2 Å². The van der Waals surface area contributed by atoms with Gasteiger partial charge in [0.15, 0.2) is 0 Å². The molecule has 12 nitrogen and oxygen atoms in total. The van der Waals surface area contributed by atoms with Crippen LogP contribution in [-0.2, 0) is 28.8 Å². The molecular weight excluding hydrogens is 275 g/mol. The summed E-state index contributed by atoms with van der Waals surface area (Å²) < 4.78 is 0. The van der Waals surface area contributed by atoms with E-state index in [1.807, 2.05) is 0 Å². The standard InChI is InChI=1S/3C2H2O4.BH3/c3*3-1(4)2(5)6;/h3*(H,3,4)(H,5,6);1H3. The van der Waals surface area contributed by atoms with Crippen LogP contribution in [0.1, 0.15) is 0 Å². The number of carboxylic acids is 6. The zero-order chi connectivity index (χ0) is 15.5. The zero-order valence-corrected chi connectivity index (χ0v) is 8.13. The van der Waals surface area contributed by atoms with E-state index in [9.17, 15) is 0 Å². The first kappa shape index (κ1) is 24.9. The Hall–Kier alpha value is -3.12. The second-order valence-electron chi connectivity index (χ2n) is 1.83. The Morgan fingerprint density at radius 1 is 0.368 bits per heavy atom. The Kier molecular flexibility index (Phi) is 17.0. The second-order valence-corrected chi connectivity index (χ2v) is 1.83. The topological polar surface area (TPSA) is 224 Å². The van der Waals surface area contributed by atoms with Gasteiger partial charge in [0.05, 0.1) is 8.41 Å². The predicted molar refractivity (Wildman–Crippen MR) is 55.8 cm³/mol. The average molecular weight is 284 g/mol. The van der Waals surface area contributed by atoms with Crippen molar-refractivity contribution in [1.29, 1.82) is 0 Å². The Morgan fingerprint density at radius 3 is 0.421 bits per heavy atom. The van der Waals surface area contributed by atoms with E-state index in [2.05, 4.69) is 0 Å². The van der Waals surface area contributed by atoms with Crippen LogP contribution in [0.3, 0.4) is 0 Å². The molecule has 0 radical (unpaired) electrons. The molecule has 0 rings (SSSR count). The van der Waals surface area contributed by atoms with E-state index in [1.165, 1.54) is 0 Å². The van der Waals surface area contributed by atoms with Crippen LogP contribution in [0.15, 0.2) is 0 Å². The van der Waals surface area contributed by atoms with Crippen molar-refractivity contribution in [1.82, 2.24) is 0 Å². The lowest BCUT2D eigenvalue weighted by atomic mass is 10.7. The molecule has 0 amide bonds. The number of rotatable bonds is 0. The smallest absolute Gasteiger partial charge is 0.414 e. The molecule has 0 aromatic carbocycles. The predicted octanol–water partition coefficient (Wildman–Crippen LogP) is -3.72. The van der Waals surface area contributed by atoms with Gasteiger partial charge < -0.3 is 30.6 Å². The first-order valence-corrected chi connectivity index (χ1v) is 3.32. The summed E-state index contributed by atoms with van der Waals surface area (Å²) in [4.78, 5) is 54.6. The van der Waals surface area contributed by atoms with Crippen molar-refractivity contribution in [3.63, 3.8) is 0 Å². The summed E-state index contributed by atoms with van der Waals surface area (Å²) in [5, 5.41) is 44.3. The summed E-state index contributed by atoms with van der Waals surface area (Å²) in [5.41, 5.74) is 0. The summed E-state index contributed by atoms with van der Waals surface area (Å²) >= 11 is 0. The first-order valence-electron chi connectivity index (χ1n) is 3.32. The third kappa shape index (κ3) is 31.3. The maximum Gasteiger partial charge on any atom is 0.414 e. The molecule has 0 saturated heterocycles. The molecule has 0 aromatic heterocycles. The summed E-state index contributed by atoms with van der Waals surface area (Å²) in [7, 11) is 0. The van der Waals surface area contributed by atoms with Crippen molar-refractivity contribution in [3.05, 3.63) is 0 Å². The van der Waals surface area contributed by atoms with Crippen molar-refractivity contribution in [3.8, 4) is 0 Å². The largest absolute Gasteiger partial charge is 0.473 e. The fourth-order valence-corrected chi connectivity index (χ4v) is 0. The van der Waals surface area contributed by atoms with E-state index >= 15 is 0 Å². The highest BCUT2D eigenvalue weighted by Gasteiger charge is 2.04. The van der Waals surface area contributed by atoms with Gasteiger partial charge in [0.25, 0.3) is 0 Å². The highest BCUT2D eigenvalue weighted by Crippen LogP contribution is 1.57. The Morgan fingerprint density at radius 2 is 0.421 bits per heavy atom. The van der Waals surface area contributed by atoms with Crippen LogP contribution in [0.4, 0.5) is 0 Å². The van der Waals surface area contributed by atoms with Gasteiger partial charge in [-0.25, -0.2) is 28.8 Å². The molecule has 0 unspecified atom stereocenters. The minimum absolute atomic E-state index is 0. The molecule has 0 fully saturated rings. The average Bonchev–Trinajstić information content (AvgIpc) is 2.18. The maximum atomic E-state index is 9.10. The molecule has 108 valence electrons. The molecule has 0 aliphatic rings. The van der Waals surface area contributed by atoms with Gasteiger partial charge in [-0.15, -0.1) is 0 Å². The normalized spacial score (nSPS) is 6.95. The number of aliphatic carboxylic acids is 6. The van der Waals surface area contributed by atoms with Crippen LogP contribution >= 0.6 is 0 Å². The second kappa shape index (κ2) is 13.0. The van der Waals surface area contributed by atoms with Gasteiger partial charge in [-0.3, -0.25) is 0 Å². The van der Waals surface area contributed by atoms with Crippen LogP contribution < -0.4 is 0 Å². The molecule has 0 aliphatic heterocycles. The third-order valence-corrected chi connectivity index (χ3v) is 0.549. The summed E-state index contributed by atoms with van der Waals surface area (Å²) in [6.07, 6.45) is 0. The van der Waals surface area contributed by atoms with Crippen molar-refractivity contribution in [2.24, 2.45) is 0 Å². The summed E-state index contributed by atoms with van der Waals surface area (Å²) in [6, 6.07) is 0. The molecule has 13 heteroatoms. The van der Waals surface area contributed by atoms with Gasteiger partial charge in [-0.2, -0.15) is 0 Å².